The van der Waals surface area contributed by atoms with E-state index in [-0.39, 0.29) is 23.0 Å². The monoisotopic (exact) mass is 477 g/mol. The number of nitrogens with one attached hydrogen (secondary N) is 1. The minimum Gasteiger partial charge on any atom is -0.382 e. The SMILES string of the molecule is Cc1ccc2c(c1)CCc1cnc(-n3cc(C(=O)c4nc5c(C)c(C)c(C)c(C)c5[nH]4)c(N)n3)nc1-2. The number of aromatic nitrogens is 6. The lowest BCUT2D eigenvalue weighted by Crippen LogP contribution is -2.10. The van der Waals surface area contributed by atoms with E-state index in [2.05, 4.69) is 59.0 Å². The third-order valence-electron chi connectivity index (χ3n) is 7.56. The van der Waals surface area contributed by atoms with E-state index >= 15 is 0 Å². The van der Waals surface area contributed by atoms with E-state index in [1.54, 1.807) is 6.20 Å². The van der Waals surface area contributed by atoms with E-state index in [9.17, 15) is 4.79 Å². The molecule has 8 heteroatoms. The van der Waals surface area contributed by atoms with E-state index < -0.39 is 0 Å². The Kier molecular flexibility index (Phi) is 4.83. The maximum atomic E-state index is 13.4. The molecule has 0 bridgehead atoms. The maximum Gasteiger partial charge on any atom is 0.251 e. The number of carbonyl (C=O) groups excluding carboxylic acids is 1. The normalized spacial score (nSPS) is 12.6. The number of ketones is 1. The third kappa shape index (κ3) is 3.25. The Bertz CT molecular complexity index is 1680. The van der Waals surface area contributed by atoms with Crippen LogP contribution < -0.4 is 5.73 Å². The molecule has 0 spiro atoms. The van der Waals surface area contributed by atoms with Gasteiger partial charge in [-0.1, -0.05) is 23.8 Å². The summed E-state index contributed by atoms with van der Waals surface area (Å²) in [5.74, 6) is 0.403. The Morgan fingerprint density at radius 3 is 2.53 bits per heavy atom. The zero-order valence-corrected chi connectivity index (χ0v) is 21.0. The smallest absolute Gasteiger partial charge is 0.251 e. The fourth-order valence-corrected chi connectivity index (χ4v) is 5.10. The number of anilines is 1. The van der Waals surface area contributed by atoms with Crippen LogP contribution in [0.1, 0.15) is 55.1 Å². The van der Waals surface area contributed by atoms with Crippen LogP contribution in [0.3, 0.4) is 0 Å². The average Bonchev–Trinajstić information content (AvgIpc) is 3.50. The van der Waals surface area contributed by atoms with Crippen molar-refractivity contribution in [3.05, 3.63) is 80.9 Å². The average molecular weight is 478 g/mol. The fraction of sp³-hybridized carbons (Fsp3) is 0.250. The molecule has 8 nitrogen and oxygen atoms in total. The molecule has 2 aromatic carbocycles. The number of nitrogens with zero attached hydrogens (tertiary/aromatic N) is 5. The summed E-state index contributed by atoms with van der Waals surface area (Å²) in [6.07, 6.45) is 5.29. The van der Waals surface area contributed by atoms with E-state index in [1.807, 2.05) is 20.0 Å². The molecular formula is C28H27N7O. The summed E-state index contributed by atoms with van der Waals surface area (Å²) >= 11 is 0. The van der Waals surface area contributed by atoms with Gasteiger partial charge in [0.05, 0.1) is 22.3 Å². The molecular weight excluding hydrogens is 450 g/mol. The first-order chi connectivity index (χ1) is 17.2. The van der Waals surface area contributed by atoms with Gasteiger partial charge in [-0.3, -0.25) is 4.79 Å². The van der Waals surface area contributed by atoms with Crippen LogP contribution in [0.4, 0.5) is 5.82 Å². The summed E-state index contributed by atoms with van der Waals surface area (Å²) in [6, 6.07) is 6.42. The first kappa shape index (κ1) is 22.2. The van der Waals surface area contributed by atoms with Crippen molar-refractivity contribution < 1.29 is 4.79 Å². The van der Waals surface area contributed by atoms with Crippen molar-refractivity contribution in [3.8, 4) is 17.2 Å². The second-order valence-corrected chi connectivity index (χ2v) is 9.72. The Labute approximate surface area is 208 Å². The van der Waals surface area contributed by atoms with Crippen LogP contribution in [0.25, 0.3) is 28.2 Å². The largest absolute Gasteiger partial charge is 0.382 e. The third-order valence-corrected chi connectivity index (χ3v) is 7.56. The quantitative estimate of drug-likeness (QED) is 0.365. The van der Waals surface area contributed by atoms with Crippen LogP contribution in [-0.4, -0.2) is 35.5 Å². The number of hydrogen-bond acceptors (Lipinski definition) is 6. The number of aromatic amines is 1. The predicted octanol–water partition coefficient (Wildman–Crippen LogP) is 4.66. The summed E-state index contributed by atoms with van der Waals surface area (Å²) in [4.78, 5) is 30.6. The molecule has 0 fully saturated rings. The van der Waals surface area contributed by atoms with Crippen LogP contribution in [0, 0.1) is 34.6 Å². The van der Waals surface area contributed by atoms with E-state index in [4.69, 9.17) is 10.7 Å². The fourth-order valence-electron chi connectivity index (χ4n) is 5.10. The number of imidazole rings is 1. The van der Waals surface area contributed by atoms with Crippen LogP contribution in [0.15, 0.2) is 30.6 Å². The Morgan fingerprint density at radius 1 is 0.972 bits per heavy atom. The number of H-pyrrole nitrogens is 1. The molecule has 0 atom stereocenters. The zero-order chi connectivity index (χ0) is 25.3. The maximum absolute atomic E-state index is 13.4. The number of fused-ring (bicyclic) bond motifs is 4. The molecule has 0 saturated carbocycles. The van der Waals surface area contributed by atoms with Gasteiger partial charge >= 0.3 is 0 Å². The first-order valence-electron chi connectivity index (χ1n) is 12.0. The van der Waals surface area contributed by atoms with E-state index in [1.165, 1.54) is 26.9 Å². The number of aryl methyl sites for hydroxylation is 5. The Hall–Kier alpha value is -4.33. The van der Waals surface area contributed by atoms with Crippen molar-refractivity contribution in [3.63, 3.8) is 0 Å². The van der Waals surface area contributed by atoms with Crippen molar-refractivity contribution in [2.75, 3.05) is 5.73 Å². The van der Waals surface area contributed by atoms with Crippen molar-refractivity contribution in [1.29, 1.82) is 0 Å². The van der Waals surface area contributed by atoms with Crippen molar-refractivity contribution >= 4 is 22.6 Å². The highest BCUT2D eigenvalue weighted by Crippen LogP contribution is 2.33. The molecule has 5 aromatic rings. The van der Waals surface area contributed by atoms with Crippen molar-refractivity contribution in [2.45, 2.75) is 47.5 Å². The van der Waals surface area contributed by atoms with Crippen molar-refractivity contribution in [2.24, 2.45) is 0 Å². The highest BCUT2D eigenvalue weighted by atomic mass is 16.1. The lowest BCUT2D eigenvalue weighted by Gasteiger charge is -2.19. The minimum atomic E-state index is -0.317. The molecule has 0 saturated heterocycles. The summed E-state index contributed by atoms with van der Waals surface area (Å²) in [5, 5.41) is 4.37. The van der Waals surface area contributed by atoms with Gasteiger partial charge in [0.15, 0.2) is 11.6 Å². The molecule has 3 N–H and O–H groups in total. The lowest BCUT2D eigenvalue weighted by molar-refractivity contribution is 0.103. The summed E-state index contributed by atoms with van der Waals surface area (Å²) in [6.45, 7) is 10.3. The van der Waals surface area contributed by atoms with Gasteiger partial charge in [-0.05, 0) is 80.8 Å². The second-order valence-electron chi connectivity index (χ2n) is 9.72. The molecule has 180 valence electrons. The Balaban J connectivity index is 1.40. The minimum absolute atomic E-state index is 0.110. The molecule has 0 unspecified atom stereocenters. The molecule has 1 aliphatic carbocycles. The number of benzene rings is 2. The number of nitrogen functional groups attached to an aromatic ring is 1. The van der Waals surface area contributed by atoms with Crippen LogP contribution in [0.2, 0.25) is 0 Å². The first-order valence-corrected chi connectivity index (χ1v) is 12.0. The van der Waals surface area contributed by atoms with E-state index in [0.717, 1.165) is 51.8 Å². The van der Waals surface area contributed by atoms with Gasteiger partial charge in [0.25, 0.3) is 5.95 Å². The van der Waals surface area contributed by atoms with Gasteiger partial charge in [-0.15, -0.1) is 5.10 Å². The second kappa shape index (κ2) is 7.84. The summed E-state index contributed by atoms with van der Waals surface area (Å²) < 4.78 is 1.47. The summed E-state index contributed by atoms with van der Waals surface area (Å²) in [7, 11) is 0. The topological polar surface area (TPSA) is 115 Å². The van der Waals surface area contributed by atoms with Crippen molar-refractivity contribution in [1.82, 2.24) is 29.7 Å². The Morgan fingerprint density at radius 2 is 1.72 bits per heavy atom. The molecule has 6 rings (SSSR count). The van der Waals surface area contributed by atoms with Gasteiger partial charge in [0.2, 0.25) is 5.78 Å². The molecule has 0 radical (unpaired) electrons. The molecule has 36 heavy (non-hydrogen) atoms. The predicted molar refractivity (Wildman–Crippen MR) is 140 cm³/mol. The van der Waals surface area contributed by atoms with E-state index in [0.29, 0.717) is 5.95 Å². The van der Waals surface area contributed by atoms with Gasteiger partial charge < -0.3 is 10.7 Å². The molecule has 0 amide bonds. The number of hydrogen-bond donors (Lipinski definition) is 2. The molecule has 1 aliphatic rings. The highest BCUT2D eigenvalue weighted by Gasteiger charge is 2.24. The van der Waals surface area contributed by atoms with Gasteiger partial charge in [0.1, 0.15) is 0 Å². The van der Waals surface area contributed by atoms with Crippen LogP contribution in [0.5, 0.6) is 0 Å². The lowest BCUT2D eigenvalue weighted by atomic mass is 9.89. The van der Waals surface area contributed by atoms with Gasteiger partial charge in [0, 0.05) is 18.0 Å². The van der Waals surface area contributed by atoms with Crippen LogP contribution in [-0.2, 0) is 12.8 Å². The van der Waals surface area contributed by atoms with Crippen LogP contribution >= 0.6 is 0 Å². The molecule has 3 heterocycles. The highest BCUT2D eigenvalue weighted by molar-refractivity contribution is 6.10. The summed E-state index contributed by atoms with van der Waals surface area (Å²) in [5.41, 5.74) is 18.3. The number of rotatable bonds is 3. The number of carbonyl (C=O) groups is 1. The standard InChI is InChI=1S/C28H27N7O/c1-13-6-9-20-18(10-13)7-8-19-11-30-28(33-24(19)20)35-12-21(26(29)34-35)25(36)27-31-22-16(4)14(2)15(3)17(5)23(22)32-27/h6,9-12H,7-8H2,1-5H3,(H2,29,34)(H,31,32). The van der Waals surface area contributed by atoms with Gasteiger partial charge in [-0.2, -0.15) is 0 Å². The molecule has 3 aromatic heterocycles. The van der Waals surface area contributed by atoms with Gasteiger partial charge in [-0.25, -0.2) is 19.6 Å². The number of nitrogens with two attached hydrogens (primary N) is 1. The zero-order valence-electron chi connectivity index (χ0n) is 21.0. The molecule has 0 aliphatic heterocycles.